The Kier molecular flexibility index (Phi) is 3.39. The van der Waals surface area contributed by atoms with Crippen LogP contribution in [-0.2, 0) is 4.74 Å². The van der Waals surface area contributed by atoms with Crippen molar-refractivity contribution < 1.29 is 4.74 Å². The van der Waals surface area contributed by atoms with Gasteiger partial charge in [0, 0.05) is 0 Å². The van der Waals surface area contributed by atoms with E-state index in [1.807, 2.05) is 0 Å². The van der Waals surface area contributed by atoms with Crippen molar-refractivity contribution in [1.82, 2.24) is 0 Å². The summed E-state index contributed by atoms with van der Waals surface area (Å²) < 4.78 is 6.75. The summed E-state index contributed by atoms with van der Waals surface area (Å²) in [6, 6.07) is 0. The molecule has 19 heavy (non-hydrogen) atoms. The van der Waals surface area contributed by atoms with E-state index >= 15 is 0 Å². The van der Waals surface area contributed by atoms with Gasteiger partial charge in [-0.25, -0.2) is 0 Å². The molecule has 1 heterocycles. The van der Waals surface area contributed by atoms with Crippen LogP contribution in [0.2, 0.25) is 0 Å². The van der Waals surface area contributed by atoms with E-state index < -0.39 is 0 Å². The van der Waals surface area contributed by atoms with Crippen LogP contribution >= 0.6 is 0 Å². The highest BCUT2D eigenvalue weighted by molar-refractivity contribution is 5.32. The summed E-state index contributed by atoms with van der Waals surface area (Å²) in [5.41, 5.74) is 0.280. The van der Waals surface area contributed by atoms with E-state index in [0.29, 0.717) is 0 Å². The largest absolute Gasteiger partial charge is 0.360 e. The van der Waals surface area contributed by atoms with Crippen LogP contribution < -0.4 is 0 Å². The second kappa shape index (κ2) is 3.78. The number of hydrogen-bond acceptors (Lipinski definition) is 1. The van der Waals surface area contributed by atoms with Gasteiger partial charge in [-0.2, -0.15) is 0 Å². The van der Waals surface area contributed by atoms with Crippen molar-refractivity contribution >= 4 is 0 Å². The van der Waals surface area contributed by atoms with Crippen molar-refractivity contribution in [2.24, 2.45) is 21.7 Å². The van der Waals surface area contributed by atoms with Crippen molar-refractivity contribution in [3.63, 3.8) is 0 Å². The predicted molar refractivity (Wildman–Crippen MR) is 84.4 cm³/mol. The van der Waals surface area contributed by atoms with E-state index in [1.165, 1.54) is 0 Å². The minimum absolute atomic E-state index is 0.0937. The summed E-state index contributed by atoms with van der Waals surface area (Å²) in [6.45, 7) is 28.0. The van der Waals surface area contributed by atoms with Gasteiger partial charge < -0.3 is 4.74 Å². The maximum absolute atomic E-state index is 6.75. The molecule has 0 amide bonds. The molecule has 1 heteroatoms. The molecule has 0 atom stereocenters. The Labute approximate surface area is 121 Å². The Morgan fingerprint density at radius 2 is 0.579 bits per heavy atom. The van der Waals surface area contributed by atoms with Crippen LogP contribution in [0.1, 0.15) is 83.1 Å². The highest BCUT2D eigenvalue weighted by Gasteiger charge is 2.85. The Balaban J connectivity index is 3.59. The minimum Gasteiger partial charge on any atom is -0.360 e. The number of epoxide rings is 1. The fourth-order valence-electron chi connectivity index (χ4n) is 5.18. The molecule has 1 aliphatic rings. The average Bonchev–Trinajstić information content (AvgIpc) is 2.67. The molecule has 0 bridgehead atoms. The van der Waals surface area contributed by atoms with Crippen LogP contribution in [0.4, 0.5) is 0 Å². The van der Waals surface area contributed by atoms with Crippen molar-refractivity contribution in [3.05, 3.63) is 0 Å². The van der Waals surface area contributed by atoms with Crippen LogP contribution in [0, 0.1) is 21.7 Å². The zero-order chi connectivity index (χ0) is 15.7. The molecule has 0 aromatic heterocycles. The maximum Gasteiger partial charge on any atom is 0.109 e. The Hall–Kier alpha value is -0.0400. The van der Waals surface area contributed by atoms with Gasteiger partial charge in [-0.3, -0.25) is 0 Å². The summed E-state index contributed by atoms with van der Waals surface area (Å²) in [5.74, 6) is 0. The maximum atomic E-state index is 6.75. The predicted octanol–water partition coefficient (Wildman–Crippen LogP) is 5.68. The Morgan fingerprint density at radius 1 is 0.421 bits per heavy atom. The summed E-state index contributed by atoms with van der Waals surface area (Å²) >= 11 is 0. The molecule has 0 radical (unpaired) electrons. The van der Waals surface area contributed by atoms with E-state index in [2.05, 4.69) is 83.1 Å². The third kappa shape index (κ3) is 1.91. The molecule has 1 aliphatic heterocycles. The van der Waals surface area contributed by atoms with Gasteiger partial charge in [0.1, 0.15) is 11.2 Å². The zero-order valence-electron chi connectivity index (χ0n) is 15.4. The van der Waals surface area contributed by atoms with Crippen LogP contribution in [0.5, 0.6) is 0 Å². The number of hydrogen-bond donors (Lipinski definition) is 0. The highest BCUT2D eigenvalue weighted by Crippen LogP contribution is 2.76. The lowest BCUT2D eigenvalue weighted by molar-refractivity contribution is 0.0380. The van der Waals surface area contributed by atoms with E-state index in [1.54, 1.807) is 0 Å². The summed E-state index contributed by atoms with van der Waals surface area (Å²) in [4.78, 5) is 0. The third-order valence-corrected chi connectivity index (χ3v) is 4.99. The second-order valence-electron chi connectivity index (χ2n) is 10.5. The molecule has 1 fully saturated rings. The van der Waals surface area contributed by atoms with Gasteiger partial charge in [0.25, 0.3) is 0 Å². The quantitative estimate of drug-likeness (QED) is 0.515. The Bertz CT molecular complexity index is 285. The molecule has 0 aliphatic carbocycles. The molecule has 0 unspecified atom stereocenters. The molecular weight excluding hydrogens is 232 g/mol. The second-order valence-corrected chi connectivity index (χ2v) is 10.5. The first-order chi connectivity index (χ1) is 7.96. The van der Waals surface area contributed by atoms with Gasteiger partial charge in [0.15, 0.2) is 0 Å². The first-order valence-corrected chi connectivity index (χ1v) is 7.66. The lowest BCUT2D eigenvalue weighted by atomic mass is 9.50. The first kappa shape index (κ1) is 17.0. The van der Waals surface area contributed by atoms with Gasteiger partial charge in [0.05, 0.1) is 0 Å². The molecule has 0 aromatic rings. The molecule has 1 nitrogen and oxygen atoms in total. The van der Waals surface area contributed by atoms with Gasteiger partial charge in [-0.1, -0.05) is 83.1 Å². The molecule has 0 aromatic carbocycles. The van der Waals surface area contributed by atoms with Crippen molar-refractivity contribution in [2.75, 3.05) is 0 Å². The van der Waals surface area contributed by atoms with E-state index in [0.717, 1.165) is 0 Å². The van der Waals surface area contributed by atoms with Crippen molar-refractivity contribution in [2.45, 2.75) is 94.3 Å². The number of ether oxygens (including phenoxy) is 1. The van der Waals surface area contributed by atoms with Gasteiger partial charge in [-0.05, 0) is 21.7 Å². The van der Waals surface area contributed by atoms with Gasteiger partial charge in [-0.15, -0.1) is 0 Å². The smallest absolute Gasteiger partial charge is 0.109 e. The molecule has 0 N–H and O–H groups in total. The van der Waals surface area contributed by atoms with Gasteiger partial charge in [0.2, 0.25) is 0 Å². The molecule has 1 saturated heterocycles. The average molecular weight is 268 g/mol. The fourth-order valence-corrected chi connectivity index (χ4v) is 5.18. The molecular formula is C18H36O. The van der Waals surface area contributed by atoms with Crippen molar-refractivity contribution in [1.29, 1.82) is 0 Å². The highest BCUT2D eigenvalue weighted by atomic mass is 16.6. The van der Waals surface area contributed by atoms with Crippen LogP contribution in [0.3, 0.4) is 0 Å². The first-order valence-electron chi connectivity index (χ1n) is 7.66. The van der Waals surface area contributed by atoms with Crippen molar-refractivity contribution in [3.8, 4) is 0 Å². The molecule has 1 rings (SSSR count). The SMILES string of the molecule is CC(C)(C)C1(C(C)(C)C)OC1(C(C)(C)C)C(C)(C)C. The van der Waals surface area contributed by atoms with Crippen LogP contribution in [-0.4, -0.2) is 11.2 Å². The standard InChI is InChI=1S/C18H36O/c1-13(2,3)17(14(4,5)6)18(19-17,15(7,8)9)16(10,11)12/h1-12H3. The topological polar surface area (TPSA) is 12.5 Å². The summed E-state index contributed by atoms with van der Waals surface area (Å²) in [7, 11) is 0. The van der Waals surface area contributed by atoms with E-state index in [4.69, 9.17) is 4.74 Å². The fraction of sp³-hybridized carbons (Fsp3) is 1.00. The number of rotatable bonds is 0. The zero-order valence-corrected chi connectivity index (χ0v) is 15.4. The normalized spacial score (nSPS) is 23.4. The van der Waals surface area contributed by atoms with Crippen LogP contribution in [0.15, 0.2) is 0 Å². The molecule has 0 saturated carbocycles. The summed E-state index contributed by atoms with van der Waals surface area (Å²) in [6.07, 6.45) is 0. The third-order valence-electron chi connectivity index (χ3n) is 4.99. The molecule has 0 spiro atoms. The lowest BCUT2D eigenvalue weighted by Crippen LogP contribution is -2.57. The minimum atomic E-state index is -0.0938. The van der Waals surface area contributed by atoms with E-state index in [9.17, 15) is 0 Å². The molecule has 114 valence electrons. The van der Waals surface area contributed by atoms with Gasteiger partial charge >= 0.3 is 0 Å². The Morgan fingerprint density at radius 3 is 0.632 bits per heavy atom. The monoisotopic (exact) mass is 268 g/mol. The van der Waals surface area contributed by atoms with E-state index in [-0.39, 0.29) is 32.9 Å². The lowest BCUT2D eigenvalue weighted by Gasteiger charge is -2.49. The van der Waals surface area contributed by atoms with Crippen LogP contribution in [0.25, 0.3) is 0 Å². The summed E-state index contributed by atoms with van der Waals surface area (Å²) in [5, 5.41) is 0.